The Balaban J connectivity index is 1.46. The van der Waals surface area contributed by atoms with Gasteiger partial charge in [0.15, 0.2) is 21.0 Å². The van der Waals surface area contributed by atoms with Crippen molar-refractivity contribution in [3.63, 3.8) is 0 Å². The monoisotopic (exact) mass is 415 g/mol. The maximum Gasteiger partial charge on any atom is 0.257 e. The van der Waals surface area contributed by atoms with Gasteiger partial charge in [-0.2, -0.15) is 0 Å². The zero-order chi connectivity index (χ0) is 18.4. The molecule has 1 amide bonds. The number of carbonyl (C=O) groups is 1. The minimum absolute atomic E-state index is 0.226. The molecule has 5 rings (SSSR count). The van der Waals surface area contributed by atoms with E-state index in [-0.39, 0.29) is 5.91 Å². The second kappa shape index (κ2) is 6.66. The van der Waals surface area contributed by atoms with E-state index in [0.717, 1.165) is 24.8 Å². The summed E-state index contributed by atoms with van der Waals surface area (Å²) in [5, 5.41) is 3.46. The van der Waals surface area contributed by atoms with E-state index in [1.165, 1.54) is 11.3 Å². The lowest BCUT2D eigenvalue weighted by Crippen LogP contribution is -2.17. The summed E-state index contributed by atoms with van der Waals surface area (Å²) in [6.45, 7) is 1.01. The molecule has 0 aliphatic carbocycles. The number of nitrogens with zero attached hydrogens (tertiary/aromatic N) is 2. The number of rotatable bonds is 3. The summed E-state index contributed by atoms with van der Waals surface area (Å²) in [6, 6.07) is 9.09. The average Bonchev–Trinajstić information content (AvgIpc) is 3.30. The number of amides is 1. The van der Waals surface area contributed by atoms with Crippen molar-refractivity contribution in [3.05, 3.63) is 35.9 Å². The summed E-state index contributed by atoms with van der Waals surface area (Å²) in [6.07, 6.45) is 2.01. The molecule has 2 aromatic heterocycles. The minimum Gasteiger partial charge on any atom is -0.486 e. The number of benzene rings is 2. The molecule has 3 heterocycles. The van der Waals surface area contributed by atoms with E-state index < -0.39 is 0 Å². The molecule has 6 nitrogen and oxygen atoms in total. The van der Waals surface area contributed by atoms with E-state index in [4.69, 9.17) is 9.47 Å². The molecule has 0 saturated heterocycles. The van der Waals surface area contributed by atoms with Gasteiger partial charge in [0.25, 0.3) is 5.91 Å². The third-order valence-electron chi connectivity index (χ3n) is 4.09. The van der Waals surface area contributed by atoms with Crippen molar-refractivity contribution in [1.29, 1.82) is 0 Å². The zero-order valence-corrected chi connectivity index (χ0v) is 16.6. The smallest absolute Gasteiger partial charge is 0.257 e. The SMILES string of the molecule is CSc1nc2ccc3nc(NC(=O)c4ccc5c(c4)OCCO5)sc3c2s1. The summed E-state index contributed by atoms with van der Waals surface area (Å²) in [4.78, 5) is 21.8. The summed E-state index contributed by atoms with van der Waals surface area (Å²) in [5.41, 5.74) is 2.33. The normalized spacial score (nSPS) is 13.2. The fourth-order valence-corrected chi connectivity index (χ4v) is 5.50. The predicted octanol–water partition coefficient (Wildman–Crippen LogP) is 4.65. The summed E-state index contributed by atoms with van der Waals surface area (Å²) >= 11 is 4.74. The second-order valence-electron chi connectivity index (χ2n) is 5.78. The van der Waals surface area contributed by atoms with Crippen molar-refractivity contribution >= 4 is 65.9 Å². The number of ether oxygens (including phenoxy) is 2. The van der Waals surface area contributed by atoms with E-state index >= 15 is 0 Å². The van der Waals surface area contributed by atoms with Gasteiger partial charge in [-0.05, 0) is 36.6 Å². The van der Waals surface area contributed by atoms with Crippen molar-refractivity contribution in [3.8, 4) is 11.5 Å². The quantitative estimate of drug-likeness (QED) is 0.491. The standard InChI is InChI=1S/C18H13N3O3S3/c1-25-18-20-11-4-3-10-14(15(11)27-18)26-17(19-10)21-16(22)9-2-5-12-13(8-9)24-7-6-23-12/h2-5,8H,6-7H2,1H3,(H,19,21,22). The molecule has 136 valence electrons. The van der Waals surface area contributed by atoms with Crippen molar-refractivity contribution in [2.45, 2.75) is 4.34 Å². The first-order valence-electron chi connectivity index (χ1n) is 8.16. The molecule has 0 atom stereocenters. The molecule has 0 radical (unpaired) electrons. The maximum absolute atomic E-state index is 12.6. The molecule has 0 unspecified atom stereocenters. The number of nitrogens with one attached hydrogen (secondary N) is 1. The molecule has 0 fully saturated rings. The highest BCUT2D eigenvalue weighted by Crippen LogP contribution is 2.38. The molecule has 0 spiro atoms. The highest BCUT2D eigenvalue weighted by Gasteiger charge is 2.17. The Morgan fingerprint density at radius 2 is 1.78 bits per heavy atom. The summed E-state index contributed by atoms with van der Waals surface area (Å²) in [7, 11) is 0. The fourth-order valence-electron chi connectivity index (χ4n) is 2.85. The van der Waals surface area contributed by atoms with Gasteiger partial charge in [0.2, 0.25) is 0 Å². The average molecular weight is 416 g/mol. The van der Waals surface area contributed by atoms with E-state index in [1.807, 2.05) is 18.4 Å². The van der Waals surface area contributed by atoms with Crippen LogP contribution in [-0.2, 0) is 0 Å². The number of anilines is 1. The van der Waals surface area contributed by atoms with Crippen LogP contribution in [0.2, 0.25) is 0 Å². The molecule has 1 aliphatic rings. The van der Waals surface area contributed by atoms with Crippen LogP contribution in [-0.4, -0.2) is 35.3 Å². The number of thioether (sulfide) groups is 1. The van der Waals surface area contributed by atoms with E-state index in [0.29, 0.717) is 35.4 Å². The minimum atomic E-state index is -0.226. The summed E-state index contributed by atoms with van der Waals surface area (Å²) in [5.74, 6) is 1.03. The van der Waals surface area contributed by atoms with Crippen molar-refractivity contribution in [2.75, 3.05) is 24.8 Å². The first kappa shape index (κ1) is 16.8. The largest absolute Gasteiger partial charge is 0.486 e. The van der Waals surface area contributed by atoms with Crippen LogP contribution in [0.15, 0.2) is 34.7 Å². The fraction of sp³-hybridized carbons (Fsp3) is 0.167. The van der Waals surface area contributed by atoms with Crippen LogP contribution in [0.5, 0.6) is 11.5 Å². The molecule has 2 aromatic carbocycles. The topological polar surface area (TPSA) is 73.3 Å². The first-order valence-corrected chi connectivity index (χ1v) is 11.0. The van der Waals surface area contributed by atoms with Gasteiger partial charge >= 0.3 is 0 Å². The molecular formula is C18H13N3O3S3. The molecule has 4 aromatic rings. The van der Waals surface area contributed by atoms with Crippen LogP contribution >= 0.6 is 34.4 Å². The number of hydrogen-bond acceptors (Lipinski definition) is 8. The van der Waals surface area contributed by atoms with Gasteiger partial charge in [-0.15, -0.1) is 11.3 Å². The van der Waals surface area contributed by atoms with Gasteiger partial charge in [0.1, 0.15) is 13.2 Å². The molecule has 0 bridgehead atoms. The Bertz CT molecular complexity index is 1180. The van der Waals surface area contributed by atoms with Crippen LogP contribution in [0, 0.1) is 0 Å². The lowest BCUT2D eigenvalue weighted by atomic mass is 10.2. The third kappa shape index (κ3) is 3.01. The van der Waals surface area contributed by atoms with Crippen LogP contribution in [0.3, 0.4) is 0 Å². The molecular weight excluding hydrogens is 402 g/mol. The number of carbonyl (C=O) groups excluding carboxylic acids is 1. The molecule has 0 saturated carbocycles. The van der Waals surface area contributed by atoms with Gasteiger partial charge < -0.3 is 9.47 Å². The number of thiazole rings is 2. The Hall–Kier alpha value is -2.36. The highest BCUT2D eigenvalue weighted by molar-refractivity contribution is 8.00. The zero-order valence-electron chi connectivity index (χ0n) is 14.1. The van der Waals surface area contributed by atoms with E-state index in [9.17, 15) is 4.79 Å². The van der Waals surface area contributed by atoms with Crippen LogP contribution in [0.25, 0.3) is 20.4 Å². The highest BCUT2D eigenvalue weighted by atomic mass is 32.2. The van der Waals surface area contributed by atoms with Crippen molar-refractivity contribution in [1.82, 2.24) is 9.97 Å². The Morgan fingerprint density at radius 3 is 2.59 bits per heavy atom. The van der Waals surface area contributed by atoms with E-state index in [1.54, 1.807) is 41.3 Å². The molecule has 1 aliphatic heterocycles. The van der Waals surface area contributed by atoms with Gasteiger partial charge in [0.05, 0.1) is 20.4 Å². The molecule has 1 N–H and O–H groups in total. The summed E-state index contributed by atoms with van der Waals surface area (Å²) < 4.78 is 14.2. The number of fused-ring (bicyclic) bond motifs is 4. The van der Waals surface area contributed by atoms with Gasteiger partial charge in [-0.3, -0.25) is 10.1 Å². The van der Waals surface area contributed by atoms with Gasteiger partial charge in [-0.25, -0.2) is 9.97 Å². The molecule has 9 heteroatoms. The van der Waals surface area contributed by atoms with Crippen LogP contribution < -0.4 is 14.8 Å². The predicted molar refractivity (Wildman–Crippen MR) is 110 cm³/mol. The number of aromatic nitrogens is 2. The lowest BCUT2D eigenvalue weighted by Gasteiger charge is -2.18. The molecule has 27 heavy (non-hydrogen) atoms. The Labute approximate surface area is 166 Å². The van der Waals surface area contributed by atoms with Crippen LogP contribution in [0.4, 0.5) is 5.13 Å². The third-order valence-corrected chi connectivity index (χ3v) is 7.30. The Kier molecular flexibility index (Phi) is 4.14. The maximum atomic E-state index is 12.6. The Morgan fingerprint density at radius 1 is 1.04 bits per heavy atom. The van der Waals surface area contributed by atoms with Crippen molar-refractivity contribution in [2.24, 2.45) is 0 Å². The first-order chi connectivity index (χ1) is 13.2. The number of hydrogen-bond donors (Lipinski definition) is 1. The van der Waals surface area contributed by atoms with Crippen LogP contribution in [0.1, 0.15) is 10.4 Å². The van der Waals surface area contributed by atoms with E-state index in [2.05, 4.69) is 15.3 Å². The lowest BCUT2D eigenvalue weighted by molar-refractivity contribution is 0.102. The van der Waals surface area contributed by atoms with Crippen molar-refractivity contribution < 1.29 is 14.3 Å². The van der Waals surface area contributed by atoms with Gasteiger partial charge in [0, 0.05) is 5.56 Å². The van der Waals surface area contributed by atoms with Gasteiger partial charge in [-0.1, -0.05) is 23.1 Å². The second-order valence-corrected chi connectivity index (χ2v) is 8.83.